The second-order valence-corrected chi connectivity index (χ2v) is 9.92. The lowest BCUT2D eigenvalue weighted by Gasteiger charge is -2.16. The van der Waals surface area contributed by atoms with Crippen molar-refractivity contribution in [3.8, 4) is 0 Å². The molecule has 0 aromatic rings. The van der Waals surface area contributed by atoms with Crippen LogP contribution in [0.5, 0.6) is 0 Å². The maximum absolute atomic E-state index is 11.8. The Morgan fingerprint density at radius 2 is 0.816 bits per heavy atom. The average Bonchev–Trinajstić information content (AvgIpc) is 3.41. The maximum Gasteiger partial charge on any atom is 0.253 e. The van der Waals surface area contributed by atoms with E-state index >= 15 is 0 Å². The lowest BCUT2D eigenvalue weighted by atomic mass is 10.3. The molecule has 1 atom stereocenters. The Labute approximate surface area is 288 Å². The Morgan fingerprint density at radius 3 is 1.12 bits per heavy atom. The van der Waals surface area contributed by atoms with E-state index in [0.29, 0.717) is 126 Å². The monoisotopic (exact) mass is 712 g/mol. The fourth-order valence-corrected chi connectivity index (χ4v) is 3.62. The van der Waals surface area contributed by atoms with E-state index in [1.165, 1.54) is 0 Å². The third-order valence-electron chi connectivity index (χ3n) is 6.02. The van der Waals surface area contributed by atoms with Gasteiger partial charge in [0, 0.05) is 25.1 Å². The van der Waals surface area contributed by atoms with Gasteiger partial charge in [-0.3, -0.25) is 19.3 Å². The van der Waals surface area contributed by atoms with Gasteiger partial charge in [-0.05, 0) is 0 Å². The highest BCUT2D eigenvalue weighted by molar-refractivity contribution is 6.13. The number of carbonyl (C=O) groups excluding carboxylic acids is 3. The summed E-state index contributed by atoms with van der Waals surface area (Å²) < 4.78 is 59.0. The summed E-state index contributed by atoms with van der Waals surface area (Å²) in [4.78, 5) is 35.7. The Balaban J connectivity index is 1.68. The molecule has 49 heavy (non-hydrogen) atoms. The van der Waals surface area contributed by atoms with Crippen molar-refractivity contribution in [1.29, 1.82) is 0 Å². The number of ether oxygens (including phenoxy) is 11. The first-order valence-corrected chi connectivity index (χ1v) is 16.5. The highest BCUT2D eigenvalue weighted by atomic mass is 16.6. The van der Waals surface area contributed by atoms with Crippen LogP contribution in [0.25, 0.3) is 0 Å². The first kappa shape index (κ1) is 44.9. The van der Waals surface area contributed by atoms with Gasteiger partial charge in [0.2, 0.25) is 5.91 Å². The van der Waals surface area contributed by atoms with Crippen molar-refractivity contribution in [2.24, 2.45) is 0 Å². The number of aliphatic hydroxyl groups excluding tert-OH is 2. The zero-order valence-corrected chi connectivity index (χ0v) is 28.5. The molecule has 1 heterocycles. The third-order valence-corrected chi connectivity index (χ3v) is 6.02. The fourth-order valence-electron chi connectivity index (χ4n) is 3.62. The van der Waals surface area contributed by atoms with Gasteiger partial charge in [-0.1, -0.05) is 0 Å². The maximum atomic E-state index is 11.8. The number of hydrogen-bond donors (Lipinski definition) is 3. The topological polar surface area (TPSA) is 208 Å². The molecule has 1 unspecified atom stereocenters. The van der Waals surface area contributed by atoms with E-state index in [-0.39, 0.29) is 39.4 Å². The van der Waals surface area contributed by atoms with E-state index in [4.69, 9.17) is 57.2 Å². The lowest BCUT2D eigenvalue weighted by Crippen LogP contribution is -2.40. The predicted molar refractivity (Wildman–Crippen MR) is 171 cm³/mol. The molecular formula is C31H56N2O16. The largest absolute Gasteiger partial charge is 0.394 e. The van der Waals surface area contributed by atoms with Crippen LogP contribution in [0.15, 0.2) is 12.2 Å². The van der Waals surface area contributed by atoms with Crippen LogP contribution in [0.1, 0.15) is 6.42 Å². The lowest BCUT2D eigenvalue weighted by molar-refractivity contribution is -0.137. The molecule has 1 rings (SSSR count). The number of amides is 3. The Morgan fingerprint density at radius 1 is 0.531 bits per heavy atom. The summed E-state index contributed by atoms with van der Waals surface area (Å²) in [6.45, 7) is 8.87. The van der Waals surface area contributed by atoms with Gasteiger partial charge < -0.3 is 67.6 Å². The molecule has 3 N–H and O–H groups in total. The van der Waals surface area contributed by atoms with Gasteiger partial charge in [0.1, 0.15) is 6.23 Å². The molecule has 286 valence electrons. The molecular weight excluding hydrogens is 656 g/mol. The minimum Gasteiger partial charge on any atom is -0.394 e. The van der Waals surface area contributed by atoms with Crippen molar-refractivity contribution in [2.45, 2.75) is 12.6 Å². The molecule has 18 nitrogen and oxygen atoms in total. The van der Waals surface area contributed by atoms with Crippen molar-refractivity contribution in [3.63, 3.8) is 0 Å². The first-order valence-electron chi connectivity index (χ1n) is 16.5. The molecule has 0 bridgehead atoms. The first-order chi connectivity index (χ1) is 24.0. The number of imide groups is 1. The number of carbonyl (C=O) groups is 3. The summed E-state index contributed by atoms with van der Waals surface area (Å²) in [6.07, 6.45) is 0.955. The van der Waals surface area contributed by atoms with Crippen LogP contribution < -0.4 is 5.32 Å². The van der Waals surface area contributed by atoms with Crippen LogP contribution in [0.3, 0.4) is 0 Å². The predicted octanol–water partition coefficient (Wildman–Crippen LogP) is -2.09. The molecule has 0 radical (unpaired) electrons. The number of nitrogens with zero attached hydrogens (tertiary/aromatic N) is 1. The molecule has 1 aliphatic heterocycles. The summed E-state index contributed by atoms with van der Waals surface area (Å²) >= 11 is 0. The summed E-state index contributed by atoms with van der Waals surface area (Å²) in [5, 5.41) is 20.7. The SMILES string of the molecule is O=C(CCN1C(=O)C=CC1=O)NC(O)COCCOCCOCCOCCOCCOCCOCCOCCOCCOCCOCCO. The Hall–Kier alpha value is -2.17. The van der Waals surface area contributed by atoms with Crippen molar-refractivity contribution in [2.75, 3.05) is 159 Å². The second kappa shape index (κ2) is 34.3. The van der Waals surface area contributed by atoms with Gasteiger partial charge in [-0.15, -0.1) is 0 Å². The second-order valence-electron chi connectivity index (χ2n) is 9.92. The number of rotatable bonds is 38. The molecule has 0 aliphatic carbocycles. The van der Waals surface area contributed by atoms with Crippen LogP contribution in [0, 0.1) is 0 Å². The summed E-state index contributed by atoms with van der Waals surface area (Å²) in [5.74, 6) is -1.43. The average molecular weight is 713 g/mol. The van der Waals surface area contributed by atoms with Crippen molar-refractivity contribution in [1.82, 2.24) is 10.2 Å². The molecule has 0 fully saturated rings. The fraction of sp³-hybridized carbons (Fsp3) is 0.839. The highest BCUT2D eigenvalue weighted by Gasteiger charge is 2.23. The number of hydrogen-bond acceptors (Lipinski definition) is 16. The highest BCUT2D eigenvalue weighted by Crippen LogP contribution is 2.04. The van der Waals surface area contributed by atoms with E-state index in [0.717, 1.165) is 17.1 Å². The third kappa shape index (κ3) is 29.3. The summed E-state index contributed by atoms with van der Waals surface area (Å²) in [5.41, 5.74) is 0. The smallest absolute Gasteiger partial charge is 0.253 e. The zero-order valence-electron chi connectivity index (χ0n) is 28.5. The van der Waals surface area contributed by atoms with Gasteiger partial charge >= 0.3 is 0 Å². The minimum absolute atomic E-state index is 0.0134. The van der Waals surface area contributed by atoms with Gasteiger partial charge in [0.25, 0.3) is 11.8 Å². The van der Waals surface area contributed by atoms with E-state index in [1.807, 2.05) is 0 Å². The van der Waals surface area contributed by atoms with Gasteiger partial charge in [0.15, 0.2) is 0 Å². The molecule has 3 amide bonds. The van der Waals surface area contributed by atoms with Crippen molar-refractivity contribution in [3.05, 3.63) is 12.2 Å². The molecule has 0 aromatic heterocycles. The van der Waals surface area contributed by atoms with Gasteiger partial charge in [-0.2, -0.15) is 0 Å². The number of nitrogens with one attached hydrogen (secondary N) is 1. The van der Waals surface area contributed by atoms with Gasteiger partial charge in [-0.25, -0.2) is 0 Å². The van der Waals surface area contributed by atoms with Crippen LogP contribution in [-0.4, -0.2) is 198 Å². The zero-order chi connectivity index (χ0) is 35.5. The van der Waals surface area contributed by atoms with Crippen LogP contribution in [0.4, 0.5) is 0 Å². The van der Waals surface area contributed by atoms with Crippen LogP contribution in [-0.2, 0) is 66.5 Å². The van der Waals surface area contributed by atoms with E-state index in [2.05, 4.69) is 5.32 Å². The molecule has 1 aliphatic rings. The van der Waals surface area contributed by atoms with E-state index in [1.54, 1.807) is 0 Å². The van der Waals surface area contributed by atoms with E-state index < -0.39 is 23.9 Å². The van der Waals surface area contributed by atoms with Crippen LogP contribution in [0.2, 0.25) is 0 Å². The van der Waals surface area contributed by atoms with Gasteiger partial charge in [0.05, 0.1) is 152 Å². The van der Waals surface area contributed by atoms with E-state index in [9.17, 15) is 19.5 Å². The molecule has 0 aromatic carbocycles. The normalized spacial score (nSPS) is 13.6. The van der Waals surface area contributed by atoms with Crippen molar-refractivity contribution >= 4 is 17.7 Å². The minimum atomic E-state index is -1.22. The molecule has 0 saturated carbocycles. The quantitative estimate of drug-likeness (QED) is 0.0356. The summed E-state index contributed by atoms with van der Waals surface area (Å²) in [7, 11) is 0. The summed E-state index contributed by atoms with van der Waals surface area (Å²) in [6, 6.07) is 0. The Bertz CT molecular complexity index is 819. The standard InChI is InChI=1S/C31H56N2O16/c34-5-6-39-7-8-40-9-10-41-11-12-42-13-14-43-15-16-44-17-18-45-19-20-46-21-22-47-23-24-48-25-26-49-27-29(36)32-28(35)3-4-33-30(37)1-2-31(33)38/h1-2,29,34,36H,3-27H2,(H,32,35). The number of aliphatic hydroxyl groups is 2. The molecule has 0 spiro atoms. The van der Waals surface area contributed by atoms with Crippen molar-refractivity contribution < 1.29 is 76.7 Å². The Kier molecular flexibility index (Phi) is 31.4. The molecule has 18 heteroatoms. The molecule has 0 saturated heterocycles. The van der Waals surface area contributed by atoms with Crippen LogP contribution >= 0.6 is 0 Å².